The van der Waals surface area contributed by atoms with Crippen molar-refractivity contribution < 1.29 is 0 Å². The molecule has 0 saturated carbocycles. The standard InChI is InChI=1S/C8H4Cl3N/c9-5-1-2-7(10)6(3-5)8(11)4-12/h1-3,8H. The first-order valence-corrected chi connectivity index (χ1v) is 4.33. The minimum absolute atomic E-state index is 0.459. The molecule has 0 bridgehead atoms. The fraction of sp³-hybridized carbons (Fsp3) is 0.125. The summed E-state index contributed by atoms with van der Waals surface area (Å²) in [5, 5.41) is 8.76. The second kappa shape index (κ2) is 4.00. The van der Waals surface area contributed by atoms with Gasteiger partial charge in [-0.15, -0.1) is 11.6 Å². The third-order valence-corrected chi connectivity index (χ3v) is 2.26. The molecule has 4 heteroatoms. The van der Waals surface area contributed by atoms with E-state index in [1.807, 2.05) is 6.07 Å². The van der Waals surface area contributed by atoms with Crippen molar-refractivity contribution in [2.45, 2.75) is 5.38 Å². The Labute approximate surface area is 85.5 Å². The minimum Gasteiger partial charge on any atom is -0.196 e. The van der Waals surface area contributed by atoms with Crippen LogP contribution in [0.25, 0.3) is 0 Å². The Bertz CT molecular complexity index is 330. The van der Waals surface area contributed by atoms with Crippen LogP contribution in [0.15, 0.2) is 18.2 Å². The van der Waals surface area contributed by atoms with Crippen LogP contribution < -0.4 is 0 Å². The van der Waals surface area contributed by atoms with Crippen LogP contribution in [-0.2, 0) is 0 Å². The van der Waals surface area contributed by atoms with Gasteiger partial charge in [-0.1, -0.05) is 23.2 Å². The third-order valence-electron chi connectivity index (χ3n) is 1.34. The number of hydrogen-bond acceptors (Lipinski definition) is 1. The molecule has 0 aliphatic rings. The summed E-state index contributed by atoms with van der Waals surface area (Å²) < 4.78 is 0. The zero-order valence-electron chi connectivity index (χ0n) is 5.89. The Morgan fingerprint density at radius 3 is 2.58 bits per heavy atom. The van der Waals surface area contributed by atoms with Crippen molar-refractivity contribution in [1.82, 2.24) is 0 Å². The van der Waals surface area contributed by atoms with E-state index in [0.717, 1.165) is 0 Å². The van der Waals surface area contributed by atoms with E-state index in [1.54, 1.807) is 18.2 Å². The van der Waals surface area contributed by atoms with Crippen molar-refractivity contribution in [2.75, 3.05) is 0 Å². The van der Waals surface area contributed by atoms with E-state index in [4.69, 9.17) is 40.1 Å². The van der Waals surface area contributed by atoms with Crippen LogP contribution in [0, 0.1) is 11.3 Å². The van der Waals surface area contributed by atoms with Gasteiger partial charge in [-0.2, -0.15) is 5.26 Å². The molecule has 1 aromatic carbocycles. The lowest BCUT2D eigenvalue weighted by Crippen LogP contribution is -1.87. The molecule has 0 aliphatic heterocycles. The van der Waals surface area contributed by atoms with Gasteiger partial charge in [-0.25, -0.2) is 0 Å². The quantitative estimate of drug-likeness (QED) is 0.661. The summed E-state index contributed by atoms with van der Waals surface area (Å²) in [6.07, 6.45) is 0. The van der Waals surface area contributed by atoms with Crippen LogP contribution in [-0.4, -0.2) is 0 Å². The molecule has 1 nitrogen and oxygen atoms in total. The summed E-state index contributed by atoms with van der Waals surface area (Å²) in [4.78, 5) is 0. The molecule has 1 aromatic rings. The van der Waals surface area contributed by atoms with Gasteiger partial charge in [0.1, 0.15) is 5.38 Å². The Morgan fingerprint density at radius 1 is 1.33 bits per heavy atom. The highest BCUT2D eigenvalue weighted by Gasteiger charge is 2.10. The lowest BCUT2D eigenvalue weighted by molar-refractivity contribution is 1.21. The lowest BCUT2D eigenvalue weighted by atomic mass is 10.2. The molecule has 0 aliphatic carbocycles. The monoisotopic (exact) mass is 219 g/mol. The maximum absolute atomic E-state index is 8.52. The molecule has 1 atom stereocenters. The second-order valence-electron chi connectivity index (χ2n) is 2.16. The van der Waals surface area contributed by atoms with E-state index in [1.165, 1.54) is 0 Å². The predicted octanol–water partition coefficient (Wildman–Crippen LogP) is 3.80. The summed E-state index contributed by atoms with van der Waals surface area (Å²) in [7, 11) is 0. The molecule has 0 aromatic heterocycles. The van der Waals surface area contributed by atoms with Gasteiger partial charge in [-0.3, -0.25) is 0 Å². The molecule has 0 N–H and O–H groups in total. The van der Waals surface area contributed by atoms with Crippen molar-refractivity contribution in [3.05, 3.63) is 33.8 Å². The summed E-state index contributed by atoms with van der Waals surface area (Å²) in [6.45, 7) is 0. The number of hydrogen-bond donors (Lipinski definition) is 0. The van der Waals surface area contributed by atoms with Gasteiger partial charge < -0.3 is 0 Å². The predicted molar refractivity (Wildman–Crippen MR) is 50.7 cm³/mol. The van der Waals surface area contributed by atoms with E-state index in [9.17, 15) is 0 Å². The molecule has 0 spiro atoms. The third kappa shape index (κ3) is 2.04. The Balaban J connectivity index is 3.15. The minimum atomic E-state index is -0.740. The van der Waals surface area contributed by atoms with Gasteiger partial charge in [0.25, 0.3) is 0 Å². The van der Waals surface area contributed by atoms with E-state index in [0.29, 0.717) is 15.6 Å². The summed E-state index contributed by atoms with van der Waals surface area (Å²) in [6, 6.07) is 6.72. The Morgan fingerprint density at radius 2 is 2.00 bits per heavy atom. The van der Waals surface area contributed by atoms with Crippen LogP contribution in [0.2, 0.25) is 10.0 Å². The summed E-state index contributed by atoms with van der Waals surface area (Å²) in [5.41, 5.74) is 0.549. The largest absolute Gasteiger partial charge is 0.196 e. The van der Waals surface area contributed by atoms with E-state index in [2.05, 4.69) is 0 Å². The average molecular weight is 220 g/mol. The zero-order valence-corrected chi connectivity index (χ0v) is 8.16. The van der Waals surface area contributed by atoms with Gasteiger partial charge in [-0.05, 0) is 18.2 Å². The Hall–Kier alpha value is -0.420. The van der Waals surface area contributed by atoms with Crippen molar-refractivity contribution in [2.24, 2.45) is 0 Å². The number of nitriles is 1. The van der Waals surface area contributed by atoms with Gasteiger partial charge in [0.15, 0.2) is 0 Å². The molecule has 0 heterocycles. The second-order valence-corrected chi connectivity index (χ2v) is 3.44. The van der Waals surface area contributed by atoms with Crippen LogP contribution in [0.1, 0.15) is 10.9 Å². The van der Waals surface area contributed by atoms with Gasteiger partial charge in [0, 0.05) is 15.6 Å². The number of nitrogens with zero attached hydrogens (tertiary/aromatic N) is 1. The van der Waals surface area contributed by atoms with E-state index < -0.39 is 5.38 Å². The normalized spacial score (nSPS) is 12.2. The van der Waals surface area contributed by atoms with Gasteiger partial charge in [0.2, 0.25) is 0 Å². The molecule has 12 heavy (non-hydrogen) atoms. The SMILES string of the molecule is N#CC(Cl)c1cc(Cl)ccc1Cl. The summed E-state index contributed by atoms with van der Waals surface area (Å²) in [5.74, 6) is 0. The first-order chi connectivity index (χ1) is 5.65. The molecule has 0 radical (unpaired) electrons. The summed E-state index contributed by atoms with van der Waals surface area (Å²) >= 11 is 17.1. The number of halogens is 3. The molecule has 0 saturated heterocycles. The Kier molecular flexibility index (Phi) is 3.22. The molecule has 1 unspecified atom stereocenters. The topological polar surface area (TPSA) is 23.8 Å². The van der Waals surface area contributed by atoms with E-state index in [-0.39, 0.29) is 0 Å². The highest BCUT2D eigenvalue weighted by molar-refractivity contribution is 6.35. The number of benzene rings is 1. The van der Waals surface area contributed by atoms with Crippen molar-refractivity contribution in [1.29, 1.82) is 5.26 Å². The first-order valence-electron chi connectivity index (χ1n) is 3.14. The van der Waals surface area contributed by atoms with Crippen LogP contribution in [0.5, 0.6) is 0 Å². The van der Waals surface area contributed by atoms with Crippen molar-refractivity contribution >= 4 is 34.8 Å². The van der Waals surface area contributed by atoms with Gasteiger partial charge in [0.05, 0.1) is 6.07 Å². The smallest absolute Gasteiger partial charge is 0.147 e. The molecule has 62 valence electrons. The van der Waals surface area contributed by atoms with Crippen molar-refractivity contribution in [3.63, 3.8) is 0 Å². The number of rotatable bonds is 1. The molecule has 1 rings (SSSR count). The molecule has 0 amide bonds. The molecule has 0 fully saturated rings. The maximum atomic E-state index is 8.52. The lowest BCUT2D eigenvalue weighted by Gasteiger charge is -2.03. The van der Waals surface area contributed by atoms with Crippen LogP contribution >= 0.6 is 34.8 Å². The molecular formula is C8H4Cl3N. The zero-order chi connectivity index (χ0) is 9.14. The van der Waals surface area contributed by atoms with E-state index >= 15 is 0 Å². The van der Waals surface area contributed by atoms with Crippen LogP contribution in [0.4, 0.5) is 0 Å². The van der Waals surface area contributed by atoms with Gasteiger partial charge >= 0.3 is 0 Å². The highest BCUT2D eigenvalue weighted by atomic mass is 35.5. The fourth-order valence-electron chi connectivity index (χ4n) is 0.778. The average Bonchev–Trinajstić information content (AvgIpc) is 2.08. The molecular weight excluding hydrogens is 216 g/mol. The highest BCUT2D eigenvalue weighted by Crippen LogP contribution is 2.29. The fourth-order valence-corrected chi connectivity index (χ4v) is 1.42. The maximum Gasteiger partial charge on any atom is 0.147 e. The van der Waals surface area contributed by atoms with Crippen molar-refractivity contribution in [3.8, 4) is 6.07 Å². The number of alkyl halides is 1. The first kappa shape index (κ1) is 9.67. The van der Waals surface area contributed by atoms with Crippen LogP contribution in [0.3, 0.4) is 0 Å².